The number of guanidine groups is 1. The van der Waals surface area contributed by atoms with E-state index in [1.807, 2.05) is 11.6 Å². The first kappa shape index (κ1) is 23.7. The van der Waals surface area contributed by atoms with Gasteiger partial charge in [-0.25, -0.2) is 9.78 Å². The van der Waals surface area contributed by atoms with Gasteiger partial charge in [0.25, 0.3) is 0 Å². The lowest BCUT2D eigenvalue weighted by Gasteiger charge is -2.35. The second-order valence-corrected chi connectivity index (χ2v) is 7.55. The Hall–Kier alpha value is -1.30. The minimum atomic E-state index is -0.399. The van der Waals surface area contributed by atoms with Crippen molar-refractivity contribution in [2.45, 2.75) is 33.2 Å². The standard InChI is InChI=1S/C17H30N6O2S.HI/c1-4-25-17(24)21-14(11-13(2)3)12-20-15(18)22-6-8-23(9-7-22)16-19-5-10-26-16;/h5,10,13-14H,4,6-9,11-12H2,1-3H3,(H2,18,20)(H,21,24);1H. The quantitative estimate of drug-likeness (QED) is 0.332. The molecule has 0 bridgehead atoms. The molecule has 154 valence electrons. The van der Waals surface area contributed by atoms with Crippen LogP contribution in [0.4, 0.5) is 9.93 Å². The van der Waals surface area contributed by atoms with E-state index < -0.39 is 6.09 Å². The maximum atomic E-state index is 11.7. The van der Waals surface area contributed by atoms with Crippen LogP contribution < -0.4 is 16.0 Å². The minimum Gasteiger partial charge on any atom is -0.450 e. The maximum absolute atomic E-state index is 11.7. The number of ether oxygens (including phenoxy) is 1. The molecule has 1 amide bonds. The number of thiazole rings is 1. The molecular formula is C17H31IN6O2S. The largest absolute Gasteiger partial charge is 0.450 e. The summed E-state index contributed by atoms with van der Waals surface area (Å²) in [5, 5.41) is 5.92. The Labute approximate surface area is 182 Å². The number of amides is 1. The van der Waals surface area contributed by atoms with E-state index in [1.165, 1.54) is 0 Å². The number of hydrogen-bond acceptors (Lipinski definition) is 6. The molecule has 1 fully saturated rings. The number of halogens is 1. The fraction of sp³-hybridized carbons (Fsp3) is 0.706. The monoisotopic (exact) mass is 510 g/mol. The van der Waals surface area contributed by atoms with Gasteiger partial charge in [-0.3, -0.25) is 4.99 Å². The van der Waals surface area contributed by atoms with Crippen molar-refractivity contribution in [2.24, 2.45) is 16.6 Å². The number of nitrogens with two attached hydrogens (primary N) is 1. The van der Waals surface area contributed by atoms with Gasteiger partial charge in [-0.15, -0.1) is 35.3 Å². The first-order valence-corrected chi connectivity index (χ1v) is 10.00. The van der Waals surface area contributed by atoms with Gasteiger partial charge in [0.1, 0.15) is 0 Å². The molecule has 1 aliphatic rings. The van der Waals surface area contributed by atoms with Gasteiger partial charge in [0, 0.05) is 37.8 Å². The van der Waals surface area contributed by atoms with Gasteiger partial charge in [0.2, 0.25) is 0 Å². The molecule has 1 aromatic rings. The Bertz CT molecular complexity index is 576. The zero-order valence-corrected chi connectivity index (χ0v) is 19.4. The van der Waals surface area contributed by atoms with Gasteiger partial charge in [-0.1, -0.05) is 13.8 Å². The van der Waals surface area contributed by atoms with Crippen molar-refractivity contribution < 1.29 is 9.53 Å². The normalized spacial score (nSPS) is 16.1. The molecule has 3 N–H and O–H groups in total. The van der Waals surface area contributed by atoms with E-state index in [0.717, 1.165) is 37.7 Å². The van der Waals surface area contributed by atoms with E-state index >= 15 is 0 Å². The van der Waals surface area contributed by atoms with E-state index in [1.54, 1.807) is 18.3 Å². The number of aromatic nitrogens is 1. The Kier molecular flexibility index (Phi) is 10.7. The molecule has 0 spiro atoms. The van der Waals surface area contributed by atoms with Crippen LogP contribution >= 0.6 is 35.3 Å². The van der Waals surface area contributed by atoms with Crippen molar-refractivity contribution in [3.05, 3.63) is 11.6 Å². The predicted molar refractivity (Wildman–Crippen MR) is 121 cm³/mol. The van der Waals surface area contributed by atoms with Crippen molar-refractivity contribution in [2.75, 3.05) is 44.2 Å². The molecule has 1 aliphatic heterocycles. The average molecular weight is 510 g/mol. The number of nitrogens with one attached hydrogen (secondary N) is 1. The summed E-state index contributed by atoms with van der Waals surface area (Å²) in [4.78, 5) is 24.9. The summed E-state index contributed by atoms with van der Waals surface area (Å²) in [6.45, 7) is 10.2. The highest BCUT2D eigenvalue weighted by atomic mass is 127. The number of piperazine rings is 1. The summed E-state index contributed by atoms with van der Waals surface area (Å²) in [6, 6.07) is -0.0794. The van der Waals surface area contributed by atoms with Gasteiger partial charge >= 0.3 is 6.09 Å². The first-order valence-electron chi connectivity index (χ1n) is 9.12. The minimum absolute atomic E-state index is 0. The Morgan fingerprint density at radius 3 is 2.67 bits per heavy atom. The van der Waals surface area contributed by atoms with Crippen LogP contribution in [0.5, 0.6) is 0 Å². The number of carbonyl (C=O) groups excluding carboxylic acids is 1. The van der Waals surface area contributed by atoms with Crippen LogP contribution in [-0.4, -0.2) is 67.3 Å². The van der Waals surface area contributed by atoms with Crippen LogP contribution in [0.3, 0.4) is 0 Å². The Morgan fingerprint density at radius 1 is 1.41 bits per heavy atom. The third-order valence-electron chi connectivity index (χ3n) is 4.12. The molecule has 2 rings (SSSR count). The fourth-order valence-electron chi connectivity index (χ4n) is 2.89. The Balaban J connectivity index is 0.00000364. The summed E-state index contributed by atoms with van der Waals surface area (Å²) >= 11 is 1.65. The molecule has 0 radical (unpaired) electrons. The predicted octanol–water partition coefficient (Wildman–Crippen LogP) is 2.36. The highest BCUT2D eigenvalue weighted by molar-refractivity contribution is 14.0. The molecule has 1 atom stereocenters. The lowest BCUT2D eigenvalue weighted by Crippen LogP contribution is -2.51. The first-order chi connectivity index (χ1) is 12.5. The van der Waals surface area contributed by atoms with Crippen LogP contribution in [0.1, 0.15) is 27.2 Å². The summed E-state index contributed by atoms with van der Waals surface area (Å²) in [7, 11) is 0. The van der Waals surface area contributed by atoms with Gasteiger partial charge in [-0.2, -0.15) is 0 Å². The third-order valence-corrected chi connectivity index (χ3v) is 4.95. The number of rotatable bonds is 7. The summed E-state index contributed by atoms with van der Waals surface area (Å²) in [5.41, 5.74) is 6.18. The van der Waals surface area contributed by atoms with Crippen molar-refractivity contribution in [1.29, 1.82) is 0 Å². The number of anilines is 1. The fourth-order valence-corrected chi connectivity index (χ4v) is 3.59. The van der Waals surface area contributed by atoms with E-state index in [2.05, 4.69) is 38.9 Å². The molecule has 1 saturated heterocycles. The van der Waals surface area contributed by atoms with Crippen molar-refractivity contribution >= 4 is 52.5 Å². The van der Waals surface area contributed by atoms with Crippen molar-refractivity contribution in [3.63, 3.8) is 0 Å². The van der Waals surface area contributed by atoms with Crippen LogP contribution in [0, 0.1) is 5.92 Å². The number of aliphatic imine (C=N–C) groups is 1. The van der Waals surface area contributed by atoms with Crippen LogP contribution in [0.15, 0.2) is 16.6 Å². The second-order valence-electron chi connectivity index (χ2n) is 6.68. The lowest BCUT2D eigenvalue weighted by atomic mass is 10.0. The average Bonchev–Trinajstić information content (AvgIpc) is 3.14. The summed E-state index contributed by atoms with van der Waals surface area (Å²) in [5.74, 6) is 0.975. The molecule has 2 heterocycles. The topological polar surface area (TPSA) is 96.1 Å². The molecule has 1 unspecified atom stereocenters. The molecule has 0 saturated carbocycles. The lowest BCUT2D eigenvalue weighted by molar-refractivity contribution is 0.147. The van der Waals surface area contributed by atoms with Crippen LogP contribution in [0.25, 0.3) is 0 Å². The van der Waals surface area contributed by atoms with E-state index in [-0.39, 0.29) is 30.0 Å². The van der Waals surface area contributed by atoms with Gasteiger partial charge in [0.15, 0.2) is 11.1 Å². The number of carbonyl (C=O) groups is 1. The van der Waals surface area contributed by atoms with Gasteiger partial charge in [0.05, 0.1) is 19.2 Å². The maximum Gasteiger partial charge on any atom is 0.407 e. The van der Waals surface area contributed by atoms with E-state index in [9.17, 15) is 4.79 Å². The molecular weight excluding hydrogens is 479 g/mol. The molecule has 8 nitrogen and oxygen atoms in total. The molecule has 0 aliphatic carbocycles. The SMILES string of the molecule is CCOC(=O)NC(CN=C(N)N1CCN(c2nccs2)CC1)CC(C)C.I. The third kappa shape index (κ3) is 8.08. The second kappa shape index (κ2) is 12.2. The van der Waals surface area contributed by atoms with Crippen LogP contribution in [-0.2, 0) is 4.74 Å². The highest BCUT2D eigenvalue weighted by Crippen LogP contribution is 2.18. The van der Waals surface area contributed by atoms with Gasteiger partial charge < -0.3 is 25.6 Å². The molecule has 27 heavy (non-hydrogen) atoms. The Morgan fingerprint density at radius 2 is 2.11 bits per heavy atom. The van der Waals surface area contributed by atoms with Crippen LogP contribution in [0.2, 0.25) is 0 Å². The zero-order valence-electron chi connectivity index (χ0n) is 16.3. The van der Waals surface area contributed by atoms with E-state index in [4.69, 9.17) is 10.5 Å². The highest BCUT2D eigenvalue weighted by Gasteiger charge is 2.20. The van der Waals surface area contributed by atoms with Crippen molar-refractivity contribution in [1.82, 2.24) is 15.2 Å². The zero-order chi connectivity index (χ0) is 18.9. The summed E-state index contributed by atoms with van der Waals surface area (Å²) in [6.07, 6.45) is 2.25. The number of nitrogens with zero attached hydrogens (tertiary/aromatic N) is 4. The van der Waals surface area contributed by atoms with E-state index in [0.29, 0.717) is 25.0 Å². The van der Waals surface area contributed by atoms with Crippen molar-refractivity contribution in [3.8, 4) is 0 Å². The van der Waals surface area contributed by atoms with Gasteiger partial charge in [-0.05, 0) is 19.3 Å². The number of hydrogen-bond donors (Lipinski definition) is 2. The molecule has 10 heteroatoms. The molecule has 0 aromatic carbocycles. The summed E-state index contributed by atoms with van der Waals surface area (Å²) < 4.78 is 4.97. The number of alkyl carbamates (subject to hydrolysis) is 1. The smallest absolute Gasteiger partial charge is 0.407 e. The molecule has 1 aromatic heterocycles.